The van der Waals surface area contributed by atoms with Crippen LogP contribution >= 0.6 is 0 Å². The largest absolute Gasteiger partial charge is 0.399 e. The van der Waals surface area contributed by atoms with Crippen LogP contribution in [-0.4, -0.2) is 16.3 Å². The van der Waals surface area contributed by atoms with E-state index in [0.717, 1.165) is 12.2 Å². The summed E-state index contributed by atoms with van der Waals surface area (Å²) in [6, 6.07) is 8.30. The normalized spacial score (nSPS) is 24.9. The van der Waals surface area contributed by atoms with E-state index in [4.69, 9.17) is 10.5 Å². The van der Waals surface area contributed by atoms with Gasteiger partial charge in [0.25, 0.3) is 0 Å². The van der Waals surface area contributed by atoms with Crippen molar-refractivity contribution < 1.29 is 4.74 Å². The number of rotatable bonds is 2. The van der Waals surface area contributed by atoms with E-state index >= 15 is 0 Å². The van der Waals surface area contributed by atoms with Gasteiger partial charge in [-0.15, -0.1) is 0 Å². The van der Waals surface area contributed by atoms with Crippen LogP contribution in [-0.2, 0) is 11.3 Å². The maximum absolute atomic E-state index is 6.49. The quantitative estimate of drug-likeness (QED) is 0.843. The predicted octanol–water partition coefficient (Wildman–Crippen LogP) is 4.11. The molecule has 1 saturated heterocycles. The van der Waals surface area contributed by atoms with E-state index in [9.17, 15) is 0 Å². The van der Waals surface area contributed by atoms with E-state index in [2.05, 4.69) is 22.9 Å². The van der Waals surface area contributed by atoms with Crippen LogP contribution in [0.2, 0.25) is 0 Å². The van der Waals surface area contributed by atoms with E-state index in [1.807, 2.05) is 12.1 Å². The smallest absolute Gasteiger partial charge is 0.0762 e. The lowest BCUT2D eigenvalue weighted by Crippen LogP contribution is -2.32. The summed E-state index contributed by atoms with van der Waals surface area (Å²) in [4.78, 5) is 0. The van der Waals surface area contributed by atoms with Gasteiger partial charge in [-0.05, 0) is 49.9 Å². The Morgan fingerprint density at radius 1 is 1.14 bits per heavy atom. The molecule has 1 aromatic carbocycles. The molecule has 1 spiro atoms. The third-order valence-corrected chi connectivity index (χ3v) is 5.30. The van der Waals surface area contributed by atoms with Crippen LogP contribution in [0.15, 0.2) is 30.5 Å². The fourth-order valence-corrected chi connectivity index (χ4v) is 4.19. The van der Waals surface area contributed by atoms with Crippen molar-refractivity contribution in [3.8, 4) is 0 Å². The highest BCUT2D eigenvalue weighted by atomic mass is 16.5. The zero-order valence-electron chi connectivity index (χ0n) is 12.6. The molecule has 0 radical (unpaired) electrons. The van der Waals surface area contributed by atoms with Crippen molar-refractivity contribution in [2.45, 2.75) is 63.2 Å². The molecular formula is C18H24N2O. The molecule has 1 aliphatic heterocycles. The van der Waals surface area contributed by atoms with Crippen molar-refractivity contribution in [2.75, 3.05) is 5.73 Å². The van der Waals surface area contributed by atoms with Gasteiger partial charge in [0.05, 0.1) is 11.7 Å². The second-order valence-corrected chi connectivity index (χ2v) is 6.81. The van der Waals surface area contributed by atoms with Crippen LogP contribution in [0.1, 0.15) is 44.9 Å². The zero-order chi connectivity index (χ0) is 14.3. The summed E-state index contributed by atoms with van der Waals surface area (Å²) in [5.41, 5.74) is 8.17. The first kappa shape index (κ1) is 13.2. The van der Waals surface area contributed by atoms with Crippen molar-refractivity contribution in [3.63, 3.8) is 0 Å². The Kier molecular flexibility index (Phi) is 3.18. The second-order valence-electron chi connectivity index (χ2n) is 6.81. The minimum Gasteiger partial charge on any atom is -0.399 e. The number of nitrogens with two attached hydrogens (primary N) is 1. The minimum absolute atomic E-state index is 0.219. The van der Waals surface area contributed by atoms with E-state index in [-0.39, 0.29) is 5.60 Å². The van der Waals surface area contributed by atoms with Crippen molar-refractivity contribution >= 4 is 16.6 Å². The van der Waals surface area contributed by atoms with Gasteiger partial charge in [-0.2, -0.15) is 0 Å². The van der Waals surface area contributed by atoms with E-state index in [0.29, 0.717) is 6.10 Å². The number of aromatic nitrogens is 1. The van der Waals surface area contributed by atoms with Crippen LogP contribution in [0.5, 0.6) is 0 Å². The Labute approximate surface area is 126 Å². The molecule has 4 rings (SSSR count). The summed E-state index contributed by atoms with van der Waals surface area (Å²) >= 11 is 0. The van der Waals surface area contributed by atoms with E-state index < -0.39 is 0 Å². The van der Waals surface area contributed by atoms with Gasteiger partial charge in [-0.3, -0.25) is 0 Å². The molecule has 1 aromatic heterocycles. The lowest BCUT2D eigenvalue weighted by Gasteiger charge is -2.33. The lowest BCUT2D eigenvalue weighted by molar-refractivity contribution is -0.0676. The standard InChI is InChI=1S/C18H24N2O/c19-15-4-5-17-14(12-15)7-11-20(17)13-16-6-10-18(21-16)8-2-1-3-9-18/h4-5,7,11-12,16H,1-3,6,8-10,13,19H2. The van der Waals surface area contributed by atoms with Crippen LogP contribution in [0.4, 0.5) is 5.69 Å². The first-order valence-corrected chi connectivity index (χ1v) is 8.26. The Morgan fingerprint density at radius 3 is 2.86 bits per heavy atom. The van der Waals surface area contributed by atoms with Gasteiger partial charge >= 0.3 is 0 Å². The van der Waals surface area contributed by atoms with Gasteiger partial charge in [-0.1, -0.05) is 19.3 Å². The first-order valence-electron chi connectivity index (χ1n) is 8.26. The molecule has 112 valence electrons. The Morgan fingerprint density at radius 2 is 2.00 bits per heavy atom. The molecule has 2 N–H and O–H groups in total. The molecule has 0 amide bonds. The molecule has 3 heteroatoms. The third kappa shape index (κ3) is 2.44. The number of fused-ring (bicyclic) bond motifs is 1. The highest BCUT2D eigenvalue weighted by Crippen LogP contribution is 2.42. The van der Waals surface area contributed by atoms with Crippen molar-refractivity contribution in [2.24, 2.45) is 0 Å². The Balaban J connectivity index is 1.50. The molecule has 1 saturated carbocycles. The fourth-order valence-electron chi connectivity index (χ4n) is 4.19. The average molecular weight is 284 g/mol. The van der Waals surface area contributed by atoms with Gasteiger partial charge in [-0.25, -0.2) is 0 Å². The predicted molar refractivity (Wildman–Crippen MR) is 86.3 cm³/mol. The van der Waals surface area contributed by atoms with Gasteiger partial charge in [0.15, 0.2) is 0 Å². The SMILES string of the molecule is Nc1ccc2c(ccn2CC2CCC3(CCCCC3)O2)c1. The van der Waals surface area contributed by atoms with Gasteiger partial charge in [0, 0.05) is 29.3 Å². The number of hydrogen-bond acceptors (Lipinski definition) is 2. The van der Waals surface area contributed by atoms with Crippen LogP contribution in [0.3, 0.4) is 0 Å². The summed E-state index contributed by atoms with van der Waals surface area (Å²) in [6.45, 7) is 0.967. The van der Waals surface area contributed by atoms with Crippen molar-refractivity contribution in [1.29, 1.82) is 0 Å². The number of nitrogens with zero attached hydrogens (tertiary/aromatic N) is 1. The molecule has 21 heavy (non-hydrogen) atoms. The molecule has 2 aliphatic rings. The number of benzene rings is 1. The van der Waals surface area contributed by atoms with Gasteiger partial charge in [0.2, 0.25) is 0 Å². The molecule has 1 aliphatic carbocycles. The van der Waals surface area contributed by atoms with Crippen LogP contribution in [0.25, 0.3) is 10.9 Å². The maximum atomic E-state index is 6.49. The summed E-state index contributed by atoms with van der Waals surface area (Å²) in [5.74, 6) is 0. The number of ether oxygens (including phenoxy) is 1. The third-order valence-electron chi connectivity index (χ3n) is 5.30. The molecule has 2 fully saturated rings. The number of anilines is 1. The summed E-state index contributed by atoms with van der Waals surface area (Å²) in [7, 11) is 0. The molecule has 0 bridgehead atoms. The van der Waals surface area contributed by atoms with Crippen LogP contribution < -0.4 is 5.73 Å². The second kappa shape index (κ2) is 5.06. The van der Waals surface area contributed by atoms with Crippen molar-refractivity contribution in [3.05, 3.63) is 30.5 Å². The Hall–Kier alpha value is -1.48. The molecule has 1 atom stereocenters. The topological polar surface area (TPSA) is 40.2 Å². The molecule has 3 nitrogen and oxygen atoms in total. The highest BCUT2D eigenvalue weighted by Gasteiger charge is 2.40. The van der Waals surface area contributed by atoms with Gasteiger partial charge in [0.1, 0.15) is 0 Å². The molecule has 1 unspecified atom stereocenters. The monoisotopic (exact) mass is 284 g/mol. The van der Waals surface area contributed by atoms with Crippen molar-refractivity contribution in [1.82, 2.24) is 4.57 Å². The van der Waals surface area contributed by atoms with E-state index in [1.165, 1.54) is 55.8 Å². The first-order chi connectivity index (χ1) is 10.2. The van der Waals surface area contributed by atoms with Crippen LogP contribution in [0, 0.1) is 0 Å². The fraction of sp³-hybridized carbons (Fsp3) is 0.556. The maximum Gasteiger partial charge on any atom is 0.0762 e. The average Bonchev–Trinajstić information content (AvgIpc) is 3.05. The highest BCUT2D eigenvalue weighted by molar-refractivity contribution is 5.83. The molecular weight excluding hydrogens is 260 g/mol. The Bertz CT molecular complexity index is 640. The summed E-state index contributed by atoms with van der Waals surface area (Å²) in [5, 5.41) is 1.22. The lowest BCUT2D eigenvalue weighted by atomic mass is 9.83. The molecule has 2 aromatic rings. The van der Waals surface area contributed by atoms with E-state index in [1.54, 1.807) is 0 Å². The zero-order valence-corrected chi connectivity index (χ0v) is 12.6. The minimum atomic E-state index is 0.219. The number of hydrogen-bond donors (Lipinski definition) is 1. The number of nitrogen functional groups attached to an aromatic ring is 1. The molecule has 2 heterocycles. The summed E-state index contributed by atoms with van der Waals surface area (Å²) < 4.78 is 8.81. The summed E-state index contributed by atoms with van der Waals surface area (Å²) in [6.07, 6.45) is 11.6. The van der Waals surface area contributed by atoms with Gasteiger partial charge < -0.3 is 15.0 Å².